The Morgan fingerprint density at radius 3 is 2.80 bits per heavy atom. The zero-order valence-electron chi connectivity index (χ0n) is 13.8. The summed E-state index contributed by atoms with van der Waals surface area (Å²) in [4.78, 5) is 22.9. The van der Waals surface area contributed by atoms with Crippen LogP contribution in [0.4, 0.5) is 14.5 Å². The Hall–Kier alpha value is -2.06. The molecule has 0 aliphatic carbocycles. The smallest absolute Gasteiger partial charge is 0.237 e. The summed E-state index contributed by atoms with van der Waals surface area (Å²) in [5.74, 6) is -1.72. The summed E-state index contributed by atoms with van der Waals surface area (Å²) in [6.45, 7) is 5.70. The van der Waals surface area contributed by atoms with E-state index in [1.807, 2.05) is 13.8 Å². The molecular formula is C17H15F2N3OS2. The van der Waals surface area contributed by atoms with Gasteiger partial charge in [0.05, 0.1) is 10.9 Å². The topological polar surface area (TPSA) is 54.9 Å². The van der Waals surface area contributed by atoms with E-state index in [2.05, 4.69) is 15.3 Å². The van der Waals surface area contributed by atoms with Crippen molar-refractivity contribution in [2.24, 2.45) is 0 Å². The van der Waals surface area contributed by atoms with Crippen LogP contribution in [-0.4, -0.2) is 21.1 Å². The monoisotopic (exact) mass is 379 g/mol. The van der Waals surface area contributed by atoms with Crippen LogP contribution in [0.3, 0.4) is 0 Å². The Kier molecular flexibility index (Phi) is 5.01. The number of nitrogens with zero attached hydrogens (tertiary/aromatic N) is 2. The number of nitrogens with one attached hydrogen (secondary N) is 1. The highest BCUT2D eigenvalue weighted by Gasteiger charge is 2.20. The maximum Gasteiger partial charge on any atom is 0.237 e. The average Bonchev–Trinajstić information content (AvgIpc) is 2.86. The molecule has 1 amide bonds. The number of carbonyl (C=O) groups excluding carboxylic acids is 1. The third kappa shape index (κ3) is 3.64. The molecule has 1 atom stereocenters. The Bertz CT molecular complexity index is 958. The second-order valence-corrected chi connectivity index (χ2v) is 8.05. The maximum atomic E-state index is 13.7. The highest BCUT2D eigenvalue weighted by atomic mass is 32.2. The van der Waals surface area contributed by atoms with Crippen molar-refractivity contribution < 1.29 is 13.6 Å². The molecule has 0 radical (unpaired) electrons. The van der Waals surface area contributed by atoms with Crippen LogP contribution in [0.25, 0.3) is 10.2 Å². The summed E-state index contributed by atoms with van der Waals surface area (Å²) < 4.78 is 26.9. The molecule has 0 aliphatic heterocycles. The third-order valence-electron chi connectivity index (χ3n) is 3.77. The Morgan fingerprint density at radius 1 is 1.28 bits per heavy atom. The van der Waals surface area contributed by atoms with Crippen LogP contribution in [0, 0.1) is 25.5 Å². The van der Waals surface area contributed by atoms with Gasteiger partial charge >= 0.3 is 0 Å². The van der Waals surface area contributed by atoms with Crippen LogP contribution in [0.1, 0.15) is 17.4 Å². The van der Waals surface area contributed by atoms with Gasteiger partial charge in [-0.1, -0.05) is 11.8 Å². The van der Waals surface area contributed by atoms with Gasteiger partial charge in [-0.3, -0.25) is 4.79 Å². The number of fused-ring (bicyclic) bond motifs is 1. The first-order chi connectivity index (χ1) is 11.9. The number of thiophene rings is 1. The summed E-state index contributed by atoms with van der Waals surface area (Å²) in [6, 6.07) is 2.94. The van der Waals surface area contributed by atoms with Crippen LogP contribution in [-0.2, 0) is 4.79 Å². The summed E-state index contributed by atoms with van der Waals surface area (Å²) in [5, 5.41) is 3.52. The van der Waals surface area contributed by atoms with Crippen molar-refractivity contribution in [3.8, 4) is 0 Å². The van der Waals surface area contributed by atoms with Crippen LogP contribution in [0.15, 0.2) is 29.6 Å². The first-order valence-corrected chi connectivity index (χ1v) is 9.19. The molecule has 1 N–H and O–H groups in total. The van der Waals surface area contributed by atoms with Gasteiger partial charge in [-0.25, -0.2) is 18.7 Å². The van der Waals surface area contributed by atoms with E-state index in [0.29, 0.717) is 5.03 Å². The molecule has 0 bridgehead atoms. The van der Waals surface area contributed by atoms with E-state index < -0.39 is 22.8 Å². The summed E-state index contributed by atoms with van der Waals surface area (Å²) in [6.07, 6.45) is 1.47. The number of thioether (sulfide) groups is 1. The molecule has 130 valence electrons. The molecule has 2 aromatic heterocycles. The zero-order chi connectivity index (χ0) is 18.1. The van der Waals surface area contributed by atoms with Crippen molar-refractivity contribution in [1.82, 2.24) is 9.97 Å². The van der Waals surface area contributed by atoms with Crippen LogP contribution >= 0.6 is 23.1 Å². The molecule has 0 unspecified atom stereocenters. The number of anilines is 1. The van der Waals surface area contributed by atoms with Gasteiger partial charge in [0.15, 0.2) is 0 Å². The van der Waals surface area contributed by atoms with Crippen LogP contribution in [0.2, 0.25) is 0 Å². The quantitative estimate of drug-likeness (QED) is 0.527. The predicted molar refractivity (Wildman–Crippen MR) is 97.2 cm³/mol. The first-order valence-electron chi connectivity index (χ1n) is 7.50. The molecule has 0 saturated heterocycles. The van der Waals surface area contributed by atoms with Gasteiger partial charge in [0.25, 0.3) is 0 Å². The fourth-order valence-electron chi connectivity index (χ4n) is 2.29. The Morgan fingerprint density at radius 2 is 2.04 bits per heavy atom. The molecule has 0 saturated carbocycles. The minimum Gasteiger partial charge on any atom is -0.323 e. The van der Waals surface area contributed by atoms with Crippen molar-refractivity contribution in [3.63, 3.8) is 0 Å². The molecule has 0 aliphatic rings. The van der Waals surface area contributed by atoms with Gasteiger partial charge < -0.3 is 5.32 Å². The number of benzene rings is 1. The molecule has 3 rings (SSSR count). The average molecular weight is 379 g/mol. The molecule has 3 aromatic rings. The largest absolute Gasteiger partial charge is 0.323 e. The molecular weight excluding hydrogens is 364 g/mol. The number of aryl methyl sites for hydroxylation is 2. The molecule has 0 fully saturated rings. The van der Waals surface area contributed by atoms with Crippen LogP contribution < -0.4 is 5.32 Å². The lowest BCUT2D eigenvalue weighted by atomic mass is 10.2. The number of hydrogen-bond acceptors (Lipinski definition) is 5. The number of carbonyl (C=O) groups is 1. The normalized spacial score (nSPS) is 12.4. The Balaban J connectivity index is 1.81. The summed E-state index contributed by atoms with van der Waals surface area (Å²) in [7, 11) is 0. The van der Waals surface area contributed by atoms with Crippen LogP contribution in [0.5, 0.6) is 0 Å². The number of rotatable bonds is 4. The van der Waals surface area contributed by atoms with E-state index in [-0.39, 0.29) is 5.69 Å². The standard InChI is InChI=1S/C17H15F2N3OS2/c1-8-9(2)24-16-14(8)17(21-7-20-16)25-10(3)15(23)22-13-6-11(18)4-5-12(13)19/h4-7,10H,1-3H3,(H,22,23)/t10-/m1/s1. The van der Waals surface area contributed by atoms with Crippen molar-refractivity contribution >= 4 is 44.9 Å². The van der Waals surface area contributed by atoms with Crippen molar-refractivity contribution in [3.05, 3.63) is 46.6 Å². The molecule has 25 heavy (non-hydrogen) atoms. The van der Waals surface area contributed by atoms with Gasteiger partial charge in [-0.2, -0.15) is 0 Å². The highest BCUT2D eigenvalue weighted by Crippen LogP contribution is 2.36. The van der Waals surface area contributed by atoms with Gasteiger partial charge in [0.1, 0.15) is 27.8 Å². The Labute approximate surface area is 151 Å². The van der Waals surface area contributed by atoms with E-state index in [0.717, 1.165) is 38.9 Å². The van der Waals surface area contributed by atoms with E-state index >= 15 is 0 Å². The van der Waals surface area contributed by atoms with E-state index in [1.54, 1.807) is 18.3 Å². The number of aromatic nitrogens is 2. The lowest BCUT2D eigenvalue weighted by Crippen LogP contribution is -2.23. The predicted octanol–water partition coefficient (Wildman–Crippen LogP) is 4.71. The fraction of sp³-hybridized carbons (Fsp3) is 0.235. The highest BCUT2D eigenvalue weighted by molar-refractivity contribution is 8.00. The summed E-state index contributed by atoms with van der Waals surface area (Å²) in [5.41, 5.74) is 0.916. The second kappa shape index (κ2) is 7.05. The molecule has 2 heterocycles. The molecule has 8 heteroatoms. The zero-order valence-corrected chi connectivity index (χ0v) is 15.4. The van der Waals surface area contributed by atoms with E-state index in [9.17, 15) is 13.6 Å². The van der Waals surface area contributed by atoms with Crippen molar-refractivity contribution in [2.75, 3.05) is 5.32 Å². The van der Waals surface area contributed by atoms with Gasteiger partial charge in [-0.05, 0) is 38.5 Å². The van der Waals surface area contributed by atoms with Gasteiger partial charge in [-0.15, -0.1) is 11.3 Å². The second-order valence-electron chi connectivity index (χ2n) is 5.52. The molecule has 1 aromatic carbocycles. The van der Waals surface area contributed by atoms with Gasteiger partial charge in [0.2, 0.25) is 5.91 Å². The van der Waals surface area contributed by atoms with Gasteiger partial charge in [0, 0.05) is 16.3 Å². The minimum atomic E-state index is -0.680. The number of hydrogen-bond donors (Lipinski definition) is 1. The van der Waals surface area contributed by atoms with E-state index in [1.165, 1.54) is 18.1 Å². The SMILES string of the molecule is Cc1sc2ncnc(S[C@H](C)C(=O)Nc3cc(F)ccc3F)c2c1C. The third-order valence-corrected chi connectivity index (χ3v) is 5.99. The van der Waals surface area contributed by atoms with Crippen molar-refractivity contribution in [2.45, 2.75) is 31.0 Å². The molecule has 0 spiro atoms. The summed E-state index contributed by atoms with van der Waals surface area (Å²) >= 11 is 2.84. The number of halogens is 2. The molecule has 4 nitrogen and oxygen atoms in total. The number of amides is 1. The maximum absolute atomic E-state index is 13.7. The van der Waals surface area contributed by atoms with E-state index in [4.69, 9.17) is 0 Å². The van der Waals surface area contributed by atoms with Crippen molar-refractivity contribution in [1.29, 1.82) is 0 Å². The lowest BCUT2D eigenvalue weighted by Gasteiger charge is -2.13. The minimum absolute atomic E-state index is 0.173. The lowest BCUT2D eigenvalue weighted by molar-refractivity contribution is -0.115. The fourth-order valence-corrected chi connectivity index (χ4v) is 4.33. The first kappa shape index (κ1) is 17.8.